The normalized spacial score (nSPS) is 11.0. The number of benzene rings is 1. The van der Waals surface area contributed by atoms with Crippen LogP contribution in [0.5, 0.6) is 0 Å². The topological polar surface area (TPSA) is 49.3 Å². The van der Waals surface area contributed by atoms with E-state index < -0.39 is 0 Å². The predicted molar refractivity (Wildman–Crippen MR) is 105 cm³/mol. The Labute approximate surface area is 157 Å². The lowest BCUT2D eigenvalue weighted by Crippen LogP contribution is -2.38. The Morgan fingerprint density at radius 3 is 2.61 bits per heavy atom. The van der Waals surface area contributed by atoms with Crippen LogP contribution in [0, 0.1) is 19.7 Å². The van der Waals surface area contributed by atoms with Crippen LogP contribution in [0.3, 0.4) is 0 Å². The highest BCUT2D eigenvalue weighted by molar-refractivity contribution is 14.0. The molecule has 0 saturated carbocycles. The van der Waals surface area contributed by atoms with Crippen molar-refractivity contribution in [3.05, 3.63) is 51.2 Å². The minimum Gasteiger partial charge on any atom is -0.356 e. The van der Waals surface area contributed by atoms with Gasteiger partial charge in [-0.05, 0) is 19.9 Å². The number of aliphatic imine (C=N–C) groups is 1. The molecule has 1 aromatic carbocycles. The van der Waals surface area contributed by atoms with E-state index in [0.29, 0.717) is 18.1 Å². The zero-order chi connectivity index (χ0) is 15.9. The SMILES string of the molecule is CN=C(NCCc1sc(C)nc1C)NCc1ccccc1F.I. The first-order valence-corrected chi connectivity index (χ1v) is 8.02. The summed E-state index contributed by atoms with van der Waals surface area (Å²) in [6, 6.07) is 6.73. The Balaban J connectivity index is 0.00000264. The van der Waals surface area contributed by atoms with Crippen LogP contribution in [-0.2, 0) is 13.0 Å². The molecule has 0 amide bonds. The summed E-state index contributed by atoms with van der Waals surface area (Å²) in [5, 5.41) is 7.45. The van der Waals surface area contributed by atoms with Gasteiger partial charge in [-0.25, -0.2) is 9.37 Å². The summed E-state index contributed by atoms with van der Waals surface area (Å²) in [4.78, 5) is 9.86. The number of hydrogen-bond donors (Lipinski definition) is 2. The fraction of sp³-hybridized carbons (Fsp3) is 0.375. The van der Waals surface area contributed by atoms with E-state index in [9.17, 15) is 4.39 Å². The Kier molecular flexibility index (Phi) is 8.46. The van der Waals surface area contributed by atoms with Crippen LogP contribution in [0.4, 0.5) is 4.39 Å². The summed E-state index contributed by atoms with van der Waals surface area (Å²) in [7, 11) is 1.71. The molecule has 0 fully saturated rings. The van der Waals surface area contributed by atoms with Crippen molar-refractivity contribution in [2.45, 2.75) is 26.8 Å². The molecule has 0 bridgehead atoms. The van der Waals surface area contributed by atoms with Gasteiger partial charge in [0.1, 0.15) is 5.82 Å². The number of aryl methyl sites for hydroxylation is 2. The maximum Gasteiger partial charge on any atom is 0.191 e. The van der Waals surface area contributed by atoms with Gasteiger partial charge in [0.05, 0.1) is 10.7 Å². The lowest BCUT2D eigenvalue weighted by atomic mass is 10.2. The molecule has 4 nitrogen and oxygen atoms in total. The molecule has 2 rings (SSSR count). The first kappa shape index (κ1) is 19.8. The van der Waals surface area contributed by atoms with E-state index in [1.165, 1.54) is 10.9 Å². The second-order valence-corrected chi connectivity index (χ2v) is 6.22. The molecule has 0 aliphatic carbocycles. The highest BCUT2D eigenvalue weighted by Gasteiger charge is 2.06. The molecule has 1 heterocycles. The Morgan fingerprint density at radius 1 is 1.26 bits per heavy atom. The zero-order valence-electron chi connectivity index (χ0n) is 13.5. The summed E-state index contributed by atoms with van der Waals surface area (Å²) in [5.41, 5.74) is 1.72. The van der Waals surface area contributed by atoms with Gasteiger partial charge in [-0.1, -0.05) is 18.2 Å². The molecule has 0 saturated heterocycles. The zero-order valence-corrected chi connectivity index (χ0v) is 16.7. The standard InChI is InChI=1S/C16H21FN4S.HI/c1-11-15(22-12(2)21-11)8-9-19-16(18-3)20-10-13-6-4-5-7-14(13)17;/h4-7H,8-10H2,1-3H3,(H2,18,19,20);1H. The van der Waals surface area contributed by atoms with Crippen LogP contribution in [0.25, 0.3) is 0 Å². The van der Waals surface area contributed by atoms with Gasteiger partial charge in [-0.2, -0.15) is 0 Å². The third-order valence-corrected chi connectivity index (χ3v) is 4.40. The van der Waals surface area contributed by atoms with Crippen LogP contribution < -0.4 is 10.6 Å². The van der Waals surface area contributed by atoms with Crippen LogP contribution in [-0.4, -0.2) is 24.5 Å². The maximum absolute atomic E-state index is 13.6. The largest absolute Gasteiger partial charge is 0.356 e. The first-order chi connectivity index (χ1) is 10.6. The molecule has 0 unspecified atom stereocenters. The van der Waals surface area contributed by atoms with E-state index in [4.69, 9.17) is 0 Å². The summed E-state index contributed by atoms with van der Waals surface area (Å²) >= 11 is 1.72. The Hall–Kier alpha value is -1.22. The van der Waals surface area contributed by atoms with Gasteiger partial charge in [-0.15, -0.1) is 35.3 Å². The minimum atomic E-state index is -0.207. The van der Waals surface area contributed by atoms with E-state index in [2.05, 4.69) is 20.6 Å². The van der Waals surface area contributed by atoms with Gasteiger partial charge in [0.25, 0.3) is 0 Å². The molecule has 7 heteroatoms. The number of halogens is 2. The molecule has 0 radical (unpaired) electrons. The van der Waals surface area contributed by atoms with Crippen molar-refractivity contribution < 1.29 is 4.39 Å². The van der Waals surface area contributed by atoms with Crippen molar-refractivity contribution >= 4 is 41.3 Å². The molecule has 0 spiro atoms. The van der Waals surface area contributed by atoms with E-state index in [0.717, 1.165) is 23.7 Å². The monoisotopic (exact) mass is 448 g/mol. The molecule has 2 aromatic rings. The van der Waals surface area contributed by atoms with E-state index in [1.54, 1.807) is 30.5 Å². The molecule has 1 aromatic heterocycles. The molecular weight excluding hydrogens is 426 g/mol. The molecule has 0 aliphatic rings. The van der Waals surface area contributed by atoms with Crippen molar-refractivity contribution in [1.82, 2.24) is 15.6 Å². The highest BCUT2D eigenvalue weighted by Crippen LogP contribution is 2.17. The van der Waals surface area contributed by atoms with Gasteiger partial charge < -0.3 is 10.6 Å². The van der Waals surface area contributed by atoms with Crippen molar-refractivity contribution in [2.75, 3.05) is 13.6 Å². The third kappa shape index (κ3) is 6.06. The third-order valence-electron chi connectivity index (χ3n) is 3.27. The number of nitrogens with one attached hydrogen (secondary N) is 2. The number of rotatable bonds is 5. The molecular formula is C16H22FIN4S. The molecule has 23 heavy (non-hydrogen) atoms. The Morgan fingerprint density at radius 2 is 2.00 bits per heavy atom. The van der Waals surface area contributed by atoms with Gasteiger partial charge in [0.15, 0.2) is 5.96 Å². The summed E-state index contributed by atoms with van der Waals surface area (Å²) in [6.45, 7) is 5.22. The van der Waals surface area contributed by atoms with Crippen LogP contribution in [0.1, 0.15) is 21.1 Å². The number of nitrogens with zero attached hydrogens (tertiary/aromatic N) is 2. The van der Waals surface area contributed by atoms with Crippen molar-refractivity contribution in [3.8, 4) is 0 Å². The second-order valence-electron chi connectivity index (χ2n) is 4.94. The summed E-state index contributed by atoms with van der Waals surface area (Å²) in [6.07, 6.45) is 0.901. The summed E-state index contributed by atoms with van der Waals surface area (Å²) < 4.78 is 13.6. The van der Waals surface area contributed by atoms with E-state index in [1.807, 2.05) is 19.9 Å². The Bertz CT molecular complexity index is 657. The van der Waals surface area contributed by atoms with Gasteiger partial charge >= 0.3 is 0 Å². The quantitative estimate of drug-likeness (QED) is 0.419. The number of guanidine groups is 1. The average Bonchev–Trinajstić information content (AvgIpc) is 2.82. The summed E-state index contributed by atoms with van der Waals surface area (Å²) in [5.74, 6) is 0.461. The highest BCUT2D eigenvalue weighted by atomic mass is 127. The molecule has 0 aliphatic heterocycles. The van der Waals surface area contributed by atoms with E-state index >= 15 is 0 Å². The number of aromatic nitrogens is 1. The van der Waals surface area contributed by atoms with Gasteiger partial charge in [0.2, 0.25) is 0 Å². The minimum absolute atomic E-state index is 0. The predicted octanol–water partition coefficient (Wildman–Crippen LogP) is 3.42. The molecule has 0 atom stereocenters. The number of thiazole rings is 1. The number of hydrogen-bond acceptors (Lipinski definition) is 3. The average molecular weight is 448 g/mol. The first-order valence-electron chi connectivity index (χ1n) is 7.21. The van der Waals surface area contributed by atoms with Gasteiger partial charge in [0, 0.05) is 37.0 Å². The lowest BCUT2D eigenvalue weighted by molar-refractivity contribution is 0.604. The molecule has 126 valence electrons. The second kappa shape index (κ2) is 9.82. The van der Waals surface area contributed by atoms with Crippen LogP contribution in [0.2, 0.25) is 0 Å². The van der Waals surface area contributed by atoms with Crippen LogP contribution in [0.15, 0.2) is 29.3 Å². The fourth-order valence-electron chi connectivity index (χ4n) is 2.14. The van der Waals surface area contributed by atoms with Crippen molar-refractivity contribution in [2.24, 2.45) is 4.99 Å². The van der Waals surface area contributed by atoms with Gasteiger partial charge in [-0.3, -0.25) is 4.99 Å². The van der Waals surface area contributed by atoms with Crippen LogP contribution >= 0.6 is 35.3 Å². The smallest absolute Gasteiger partial charge is 0.191 e. The molecule has 2 N–H and O–H groups in total. The van der Waals surface area contributed by atoms with Crippen molar-refractivity contribution in [1.29, 1.82) is 0 Å². The van der Waals surface area contributed by atoms with Crippen molar-refractivity contribution in [3.63, 3.8) is 0 Å². The fourth-order valence-corrected chi connectivity index (χ4v) is 3.08. The lowest BCUT2D eigenvalue weighted by Gasteiger charge is -2.12. The maximum atomic E-state index is 13.6. The van der Waals surface area contributed by atoms with E-state index in [-0.39, 0.29) is 29.8 Å².